The molecule has 2 heteroatoms. The summed E-state index contributed by atoms with van der Waals surface area (Å²) in [7, 11) is 0. The van der Waals surface area contributed by atoms with Gasteiger partial charge >= 0.3 is 0 Å². The monoisotopic (exact) mass is 247 g/mol. The van der Waals surface area contributed by atoms with Gasteiger partial charge in [0.15, 0.2) is 0 Å². The Hall–Kier alpha value is -1.15. The number of allylic oxidation sites excluding steroid dienone is 1. The van der Waals surface area contributed by atoms with Gasteiger partial charge in [-0.25, -0.2) is 0 Å². The van der Waals surface area contributed by atoms with Gasteiger partial charge in [0.05, 0.1) is 0 Å². The number of rotatable bonds is 2. The van der Waals surface area contributed by atoms with E-state index in [0.717, 1.165) is 16.3 Å². The van der Waals surface area contributed by atoms with Gasteiger partial charge in [-0.2, -0.15) is 0 Å². The Balaban J connectivity index is 2.71. The van der Waals surface area contributed by atoms with E-state index in [4.69, 9.17) is 0 Å². The van der Waals surface area contributed by atoms with E-state index in [-0.39, 0.29) is 0 Å². The van der Waals surface area contributed by atoms with Gasteiger partial charge in [-0.15, -0.1) is 0 Å². The molecule has 14 heavy (non-hydrogen) atoms. The summed E-state index contributed by atoms with van der Waals surface area (Å²) in [5.74, 6) is 0. The van der Waals surface area contributed by atoms with Crippen LogP contribution in [0.25, 0.3) is 16.3 Å². The number of benzene rings is 1. The average molecular weight is 248 g/mol. The van der Waals surface area contributed by atoms with Crippen molar-refractivity contribution in [2.75, 3.05) is 5.33 Å². The fraction of sp³-hybridized carbons (Fsp3) is 0.0833. The number of nitrogens with zero attached hydrogens (tertiary/aromatic N) is 1. The third-order valence-electron chi connectivity index (χ3n) is 2.22. The summed E-state index contributed by atoms with van der Waals surface area (Å²) in [4.78, 5) is 4.10. The van der Waals surface area contributed by atoms with Gasteiger partial charge in [0.2, 0.25) is 0 Å². The van der Waals surface area contributed by atoms with Crippen molar-refractivity contribution >= 4 is 32.3 Å². The minimum absolute atomic E-state index is 0.800. The molecular formula is C12H10BrN. The van der Waals surface area contributed by atoms with Gasteiger partial charge in [-0.1, -0.05) is 40.7 Å². The number of halogens is 1. The van der Waals surface area contributed by atoms with Crippen LogP contribution in [0.15, 0.2) is 43.2 Å². The van der Waals surface area contributed by atoms with Gasteiger partial charge in [0.25, 0.3) is 0 Å². The molecule has 2 aromatic rings. The summed E-state index contributed by atoms with van der Waals surface area (Å²) in [6.07, 6.45) is 3.69. The van der Waals surface area contributed by atoms with E-state index < -0.39 is 0 Å². The molecule has 1 aromatic heterocycles. The van der Waals surface area contributed by atoms with E-state index in [1.807, 2.05) is 24.5 Å². The molecule has 1 nitrogen and oxygen atoms in total. The first-order chi connectivity index (χ1) is 6.83. The molecule has 0 radical (unpaired) electrons. The summed E-state index contributed by atoms with van der Waals surface area (Å²) in [5, 5.41) is 3.17. The van der Waals surface area contributed by atoms with Crippen molar-refractivity contribution in [1.82, 2.24) is 4.98 Å². The molecule has 0 saturated heterocycles. The molecule has 0 N–H and O–H groups in total. The maximum absolute atomic E-state index is 4.10. The predicted octanol–water partition coefficient (Wildman–Crippen LogP) is 3.64. The van der Waals surface area contributed by atoms with Crippen molar-refractivity contribution < 1.29 is 0 Å². The first-order valence-electron chi connectivity index (χ1n) is 4.40. The smallest absolute Gasteiger partial charge is 0.0346 e. The van der Waals surface area contributed by atoms with Crippen molar-refractivity contribution in [2.45, 2.75) is 0 Å². The van der Waals surface area contributed by atoms with Crippen LogP contribution < -0.4 is 0 Å². The fourth-order valence-electron chi connectivity index (χ4n) is 1.50. The van der Waals surface area contributed by atoms with E-state index >= 15 is 0 Å². The highest BCUT2D eigenvalue weighted by Gasteiger charge is 2.02. The van der Waals surface area contributed by atoms with E-state index in [1.165, 1.54) is 10.9 Å². The van der Waals surface area contributed by atoms with Crippen molar-refractivity contribution in [3.8, 4) is 0 Å². The summed E-state index contributed by atoms with van der Waals surface area (Å²) < 4.78 is 0. The van der Waals surface area contributed by atoms with E-state index in [0.29, 0.717) is 0 Å². The number of pyridine rings is 1. The van der Waals surface area contributed by atoms with Crippen LogP contribution in [0, 0.1) is 0 Å². The summed E-state index contributed by atoms with van der Waals surface area (Å²) in [6, 6.07) is 8.21. The predicted molar refractivity (Wildman–Crippen MR) is 64.6 cm³/mol. The maximum Gasteiger partial charge on any atom is 0.0346 e. The minimum Gasteiger partial charge on any atom is -0.264 e. The van der Waals surface area contributed by atoms with Crippen LogP contribution in [-0.4, -0.2) is 10.3 Å². The Morgan fingerprint density at radius 3 is 3.00 bits per heavy atom. The highest BCUT2D eigenvalue weighted by molar-refractivity contribution is 9.09. The van der Waals surface area contributed by atoms with Gasteiger partial charge < -0.3 is 0 Å². The van der Waals surface area contributed by atoms with E-state index in [1.54, 1.807) is 0 Å². The standard InChI is InChI=1S/C12H10BrN/c1-9(7-13)11-4-2-3-10-8-14-6-5-12(10)11/h2-6,8H,1,7H2. The molecule has 0 unspecified atom stereocenters. The van der Waals surface area contributed by atoms with Gasteiger partial charge in [0.1, 0.15) is 0 Å². The fourth-order valence-corrected chi connectivity index (χ4v) is 1.80. The van der Waals surface area contributed by atoms with Crippen LogP contribution in [0.5, 0.6) is 0 Å². The first kappa shape index (κ1) is 9.41. The Labute approximate surface area is 91.6 Å². The van der Waals surface area contributed by atoms with Crippen LogP contribution >= 0.6 is 15.9 Å². The molecule has 0 atom stereocenters. The molecular weight excluding hydrogens is 238 g/mol. The van der Waals surface area contributed by atoms with Crippen LogP contribution in [-0.2, 0) is 0 Å². The van der Waals surface area contributed by atoms with Crippen molar-refractivity contribution in [2.24, 2.45) is 0 Å². The first-order valence-corrected chi connectivity index (χ1v) is 5.52. The Bertz CT molecular complexity index is 471. The molecule has 0 aliphatic carbocycles. The van der Waals surface area contributed by atoms with Crippen LogP contribution in [0.1, 0.15) is 5.56 Å². The summed E-state index contributed by atoms with van der Waals surface area (Å²) >= 11 is 3.42. The second-order valence-electron chi connectivity index (χ2n) is 3.14. The Kier molecular flexibility index (Phi) is 2.64. The zero-order valence-electron chi connectivity index (χ0n) is 7.70. The lowest BCUT2D eigenvalue weighted by Crippen LogP contribution is -1.86. The molecule has 1 heterocycles. The van der Waals surface area contributed by atoms with E-state index in [9.17, 15) is 0 Å². The number of aromatic nitrogens is 1. The average Bonchev–Trinajstić information content (AvgIpc) is 2.27. The highest BCUT2D eigenvalue weighted by Crippen LogP contribution is 2.24. The molecule has 0 aliphatic heterocycles. The second-order valence-corrected chi connectivity index (χ2v) is 3.70. The molecule has 0 saturated carbocycles. The Morgan fingerprint density at radius 2 is 2.21 bits per heavy atom. The zero-order valence-corrected chi connectivity index (χ0v) is 9.29. The molecule has 0 fully saturated rings. The largest absolute Gasteiger partial charge is 0.264 e. The van der Waals surface area contributed by atoms with Gasteiger partial charge in [0, 0.05) is 23.1 Å². The van der Waals surface area contributed by atoms with Gasteiger partial charge in [-0.3, -0.25) is 4.98 Å². The molecule has 70 valence electrons. The summed E-state index contributed by atoms with van der Waals surface area (Å²) in [6.45, 7) is 4.03. The third-order valence-corrected chi connectivity index (χ3v) is 2.90. The number of hydrogen-bond acceptors (Lipinski definition) is 1. The number of fused-ring (bicyclic) bond motifs is 1. The van der Waals surface area contributed by atoms with Crippen molar-refractivity contribution in [1.29, 1.82) is 0 Å². The number of alkyl halides is 1. The zero-order chi connectivity index (χ0) is 9.97. The lowest BCUT2D eigenvalue weighted by atomic mass is 10.0. The summed E-state index contributed by atoms with van der Waals surface area (Å²) in [5.41, 5.74) is 2.29. The third kappa shape index (κ3) is 1.58. The molecule has 0 spiro atoms. The molecule has 1 aromatic carbocycles. The molecule has 2 rings (SSSR count). The maximum atomic E-state index is 4.10. The van der Waals surface area contributed by atoms with Crippen LogP contribution in [0.4, 0.5) is 0 Å². The van der Waals surface area contributed by atoms with Crippen molar-refractivity contribution in [3.05, 3.63) is 48.8 Å². The van der Waals surface area contributed by atoms with Crippen LogP contribution in [0.2, 0.25) is 0 Å². The van der Waals surface area contributed by atoms with Gasteiger partial charge in [-0.05, 0) is 22.6 Å². The van der Waals surface area contributed by atoms with Crippen LogP contribution in [0.3, 0.4) is 0 Å². The normalized spacial score (nSPS) is 10.4. The van der Waals surface area contributed by atoms with E-state index in [2.05, 4.69) is 39.6 Å². The SMILES string of the molecule is C=C(CBr)c1cccc2cnccc12. The quantitative estimate of drug-likeness (QED) is 0.739. The molecule has 0 bridgehead atoms. The lowest BCUT2D eigenvalue weighted by molar-refractivity contribution is 1.36. The second kappa shape index (κ2) is 3.93. The topological polar surface area (TPSA) is 12.9 Å². The minimum atomic E-state index is 0.800. The molecule has 0 aliphatic rings. The molecule has 0 amide bonds. The highest BCUT2D eigenvalue weighted by atomic mass is 79.9. The Morgan fingerprint density at radius 1 is 1.36 bits per heavy atom. The number of hydrogen-bond donors (Lipinski definition) is 0. The van der Waals surface area contributed by atoms with Crippen molar-refractivity contribution in [3.63, 3.8) is 0 Å². The lowest BCUT2D eigenvalue weighted by Gasteiger charge is -2.06.